The van der Waals surface area contributed by atoms with Crippen molar-refractivity contribution in [2.75, 3.05) is 0 Å². The second-order valence-electron chi connectivity index (χ2n) is 3.93. The van der Waals surface area contributed by atoms with Crippen LogP contribution in [0.3, 0.4) is 0 Å². The van der Waals surface area contributed by atoms with Gasteiger partial charge in [0.05, 0.1) is 5.97 Å². The van der Waals surface area contributed by atoms with E-state index in [1.165, 1.54) is 5.56 Å². The molecule has 0 saturated carbocycles. The molecule has 2 rings (SSSR count). The van der Waals surface area contributed by atoms with Gasteiger partial charge in [-0.05, 0) is 24.0 Å². The van der Waals surface area contributed by atoms with Crippen molar-refractivity contribution in [3.63, 3.8) is 0 Å². The first kappa shape index (κ1) is 15.0. The van der Waals surface area contributed by atoms with Crippen LogP contribution in [0.25, 0.3) is 0 Å². The van der Waals surface area contributed by atoms with Gasteiger partial charge in [-0.25, -0.2) is 0 Å². The zero-order chi connectivity index (χ0) is 12.1. The minimum atomic E-state index is -1.10. The minimum Gasteiger partial charge on any atom is -0.545 e. The number of carboxylic acids is 1. The van der Waals surface area contributed by atoms with Crippen LogP contribution in [0.2, 0.25) is 0 Å². The summed E-state index contributed by atoms with van der Waals surface area (Å²) in [5.74, 6) is -1.10. The zero-order valence-corrected chi connectivity index (χ0v) is 12.4. The predicted molar refractivity (Wildman–Crippen MR) is 64.6 cm³/mol. The Kier molecular flexibility index (Phi) is 6.13. The number of carboxylic acid groups (broad SMARTS) is 1. The Morgan fingerprint density at radius 3 is 2.17 bits per heavy atom. The third kappa shape index (κ3) is 3.98. The van der Waals surface area contributed by atoms with Crippen LogP contribution >= 0.6 is 0 Å². The fraction of sp³-hybridized carbons (Fsp3) is 0.133. The van der Waals surface area contributed by atoms with Gasteiger partial charge in [0, 0.05) is 5.56 Å². The summed E-state index contributed by atoms with van der Waals surface area (Å²) in [6.07, 6.45) is 1.55. The predicted octanol–water partition coefficient (Wildman–Crippen LogP) is -1.16. The molecular weight excluding hydrogens is 235 g/mol. The summed E-state index contributed by atoms with van der Waals surface area (Å²) in [4.78, 5) is 10.9. The van der Waals surface area contributed by atoms with Crippen molar-refractivity contribution in [3.05, 3.63) is 71.3 Å². The largest absolute Gasteiger partial charge is 1.00 e. The van der Waals surface area contributed by atoms with Crippen LogP contribution in [0.1, 0.15) is 21.5 Å². The summed E-state index contributed by atoms with van der Waals surface area (Å²) in [6.45, 7) is 0. The molecule has 0 fully saturated rings. The number of aromatic carboxylic acids is 1. The van der Waals surface area contributed by atoms with E-state index in [2.05, 4.69) is 0 Å². The van der Waals surface area contributed by atoms with Crippen molar-refractivity contribution < 1.29 is 39.5 Å². The summed E-state index contributed by atoms with van der Waals surface area (Å²) >= 11 is 0. The Hall–Kier alpha value is -1.09. The maximum Gasteiger partial charge on any atom is 1.00 e. The van der Waals surface area contributed by atoms with Crippen LogP contribution in [-0.4, -0.2) is 5.97 Å². The van der Waals surface area contributed by atoms with Crippen molar-refractivity contribution in [2.45, 2.75) is 12.8 Å². The van der Waals surface area contributed by atoms with E-state index in [9.17, 15) is 9.90 Å². The third-order valence-electron chi connectivity index (χ3n) is 2.76. The molecular formula is C15H13NaO2. The first-order valence-electron chi connectivity index (χ1n) is 5.60. The molecule has 3 heteroatoms. The number of hydrogen-bond acceptors (Lipinski definition) is 2. The molecule has 0 bridgehead atoms. The first-order chi connectivity index (χ1) is 8.27. The molecule has 0 aliphatic rings. The maximum absolute atomic E-state index is 10.9. The Balaban J connectivity index is 0.00000162. The Labute approximate surface area is 129 Å². The SMILES string of the molecule is O=C([O-])c1ccccc1CCc1ccccc1.[Na+]. The van der Waals surface area contributed by atoms with Crippen LogP contribution < -0.4 is 34.7 Å². The summed E-state index contributed by atoms with van der Waals surface area (Å²) in [6, 6.07) is 17.0. The molecule has 0 aromatic heterocycles. The van der Waals surface area contributed by atoms with E-state index in [-0.39, 0.29) is 29.6 Å². The summed E-state index contributed by atoms with van der Waals surface area (Å²) < 4.78 is 0. The van der Waals surface area contributed by atoms with Gasteiger partial charge in [0.2, 0.25) is 0 Å². The molecule has 0 N–H and O–H groups in total. The van der Waals surface area contributed by atoms with Gasteiger partial charge in [-0.1, -0.05) is 54.6 Å². The number of carbonyl (C=O) groups excluding carboxylic acids is 1. The molecule has 18 heavy (non-hydrogen) atoms. The van der Waals surface area contributed by atoms with Crippen molar-refractivity contribution in [1.82, 2.24) is 0 Å². The van der Waals surface area contributed by atoms with Crippen LogP contribution in [0.4, 0.5) is 0 Å². The van der Waals surface area contributed by atoms with Gasteiger partial charge in [0.15, 0.2) is 0 Å². The fourth-order valence-corrected chi connectivity index (χ4v) is 1.86. The third-order valence-corrected chi connectivity index (χ3v) is 2.76. The molecule has 0 atom stereocenters. The molecule has 0 aliphatic carbocycles. The molecule has 86 valence electrons. The van der Waals surface area contributed by atoms with Crippen molar-refractivity contribution >= 4 is 5.97 Å². The molecule has 0 radical (unpaired) electrons. The molecule has 0 amide bonds. The normalized spacial score (nSPS) is 9.56. The summed E-state index contributed by atoms with van der Waals surface area (Å²) in [7, 11) is 0. The average molecular weight is 248 g/mol. The van der Waals surface area contributed by atoms with E-state index in [1.807, 2.05) is 42.5 Å². The molecule has 0 aliphatic heterocycles. The second kappa shape index (κ2) is 7.37. The maximum atomic E-state index is 10.9. The monoisotopic (exact) mass is 248 g/mol. The van der Waals surface area contributed by atoms with Crippen molar-refractivity contribution in [1.29, 1.82) is 0 Å². The van der Waals surface area contributed by atoms with Gasteiger partial charge in [0.1, 0.15) is 0 Å². The van der Waals surface area contributed by atoms with Gasteiger partial charge in [0.25, 0.3) is 0 Å². The Morgan fingerprint density at radius 1 is 0.889 bits per heavy atom. The fourth-order valence-electron chi connectivity index (χ4n) is 1.86. The number of carbonyl (C=O) groups is 1. The number of aryl methyl sites for hydroxylation is 2. The van der Waals surface area contributed by atoms with E-state index in [4.69, 9.17) is 0 Å². The van der Waals surface area contributed by atoms with E-state index in [0.29, 0.717) is 12.0 Å². The minimum absolute atomic E-state index is 0. The van der Waals surface area contributed by atoms with E-state index < -0.39 is 5.97 Å². The van der Waals surface area contributed by atoms with Crippen LogP contribution in [-0.2, 0) is 12.8 Å². The summed E-state index contributed by atoms with van der Waals surface area (Å²) in [5.41, 5.74) is 2.33. The topological polar surface area (TPSA) is 40.1 Å². The smallest absolute Gasteiger partial charge is 0.545 e. The Morgan fingerprint density at radius 2 is 1.50 bits per heavy atom. The van der Waals surface area contributed by atoms with Crippen LogP contribution in [0, 0.1) is 0 Å². The van der Waals surface area contributed by atoms with E-state index >= 15 is 0 Å². The standard InChI is InChI=1S/C15H14O2.Na/c16-15(17)14-9-5-4-8-13(14)11-10-12-6-2-1-3-7-12;/h1-9H,10-11H2,(H,16,17);/q;+1/p-1. The molecule has 2 aromatic carbocycles. The van der Waals surface area contributed by atoms with Gasteiger partial charge >= 0.3 is 29.6 Å². The van der Waals surface area contributed by atoms with Crippen LogP contribution in [0.15, 0.2) is 54.6 Å². The van der Waals surface area contributed by atoms with Crippen LogP contribution in [0.5, 0.6) is 0 Å². The van der Waals surface area contributed by atoms with E-state index in [0.717, 1.165) is 12.0 Å². The number of hydrogen-bond donors (Lipinski definition) is 0. The molecule has 0 spiro atoms. The molecule has 0 unspecified atom stereocenters. The molecule has 0 saturated heterocycles. The van der Waals surface area contributed by atoms with Gasteiger partial charge in [-0.3, -0.25) is 0 Å². The first-order valence-corrected chi connectivity index (χ1v) is 5.60. The van der Waals surface area contributed by atoms with Crippen molar-refractivity contribution in [3.8, 4) is 0 Å². The molecule has 2 aromatic rings. The second-order valence-corrected chi connectivity index (χ2v) is 3.93. The van der Waals surface area contributed by atoms with Crippen molar-refractivity contribution in [2.24, 2.45) is 0 Å². The number of benzene rings is 2. The molecule has 0 heterocycles. The number of rotatable bonds is 4. The molecule has 2 nitrogen and oxygen atoms in total. The van der Waals surface area contributed by atoms with Gasteiger partial charge < -0.3 is 9.90 Å². The zero-order valence-electron chi connectivity index (χ0n) is 10.4. The van der Waals surface area contributed by atoms with Gasteiger partial charge in [-0.15, -0.1) is 0 Å². The summed E-state index contributed by atoms with van der Waals surface area (Å²) in [5, 5.41) is 10.9. The quantitative estimate of drug-likeness (QED) is 0.640. The average Bonchev–Trinajstić information content (AvgIpc) is 2.38. The van der Waals surface area contributed by atoms with Gasteiger partial charge in [-0.2, -0.15) is 0 Å². The Bertz CT molecular complexity index is 509. The van der Waals surface area contributed by atoms with E-state index in [1.54, 1.807) is 12.1 Å².